The van der Waals surface area contributed by atoms with Crippen molar-refractivity contribution < 1.29 is 13.2 Å². The molecule has 0 atom stereocenters. The van der Waals surface area contributed by atoms with Gasteiger partial charge in [0, 0.05) is 12.7 Å². The van der Waals surface area contributed by atoms with E-state index in [1.807, 2.05) is 6.07 Å². The lowest BCUT2D eigenvalue weighted by Crippen LogP contribution is -2.32. The molecule has 1 aliphatic rings. The lowest BCUT2D eigenvalue weighted by atomic mass is 9.89. The summed E-state index contributed by atoms with van der Waals surface area (Å²) in [6, 6.07) is 12.3. The first-order valence-electron chi connectivity index (χ1n) is 9.26. The number of hydrogen-bond donors (Lipinski definition) is 0. The standard InChI is InChI=1S/C20H20ClF3N4/c21-18-16(8-11-28-17(12-20(22,23)24)25-26-19(18)28)13-27-9-6-15(7-10-27)14-4-2-1-3-5-14/h1-5,8,11,15H,6-7,9-10,12-13H2. The van der Waals surface area contributed by atoms with Gasteiger partial charge in [-0.2, -0.15) is 13.2 Å². The van der Waals surface area contributed by atoms with E-state index >= 15 is 0 Å². The van der Waals surface area contributed by atoms with Crippen molar-refractivity contribution in [3.05, 3.63) is 64.6 Å². The summed E-state index contributed by atoms with van der Waals surface area (Å²) in [7, 11) is 0. The van der Waals surface area contributed by atoms with Gasteiger partial charge in [0.05, 0.1) is 5.02 Å². The number of aromatic nitrogens is 3. The van der Waals surface area contributed by atoms with Crippen LogP contribution in [0.3, 0.4) is 0 Å². The Labute approximate surface area is 165 Å². The van der Waals surface area contributed by atoms with E-state index in [2.05, 4.69) is 39.4 Å². The molecule has 4 rings (SSSR count). The fraction of sp³-hybridized carbons (Fsp3) is 0.400. The molecule has 8 heteroatoms. The van der Waals surface area contributed by atoms with Gasteiger partial charge in [-0.1, -0.05) is 41.9 Å². The van der Waals surface area contributed by atoms with Crippen molar-refractivity contribution in [3.63, 3.8) is 0 Å². The summed E-state index contributed by atoms with van der Waals surface area (Å²) in [6.45, 7) is 2.55. The summed E-state index contributed by atoms with van der Waals surface area (Å²) >= 11 is 6.44. The zero-order valence-electron chi connectivity index (χ0n) is 15.2. The molecule has 3 aromatic rings. The quantitative estimate of drug-likeness (QED) is 0.617. The third-order valence-electron chi connectivity index (χ3n) is 5.28. The second kappa shape index (κ2) is 7.72. The van der Waals surface area contributed by atoms with Crippen LogP contribution in [0.2, 0.25) is 5.02 Å². The molecule has 4 nitrogen and oxygen atoms in total. The molecule has 0 aliphatic carbocycles. The number of piperidine rings is 1. The van der Waals surface area contributed by atoms with Crippen molar-refractivity contribution >= 4 is 17.2 Å². The molecule has 2 aromatic heterocycles. The van der Waals surface area contributed by atoms with E-state index in [9.17, 15) is 13.2 Å². The van der Waals surface area contributed by atoms with Crippen LogP contribution in [-0.4, -0.2) is 38.8 Å². The van der Waals surface area contributed by atoms with E-state index in [4.69, 9.17) is 11.6 Å². The molecular formula is C20H20ClF3N4. The van der Waals surface area contributed by atoms with Gasteiger partial charge in [-0.25, -0.2) is 0 Å². The van der Waals surface area contributed by atoms with Crippen molar-refractivity contribution in [1.29, 1.82) is 0 Å². The van der Waals surface area contributed by atoms with Gasteiger partial charge >= 0.3 is 6.18 Å². The average molecular weight is 409 g/mol. The Morgan fingerprint density at radius 3 is 2.43 bits per heavy atom. The van der Waals surface area contributed by atoms with Crippen molar-refractivity contribution in [2.24, 2.45) is 0 Å². The van der Waals surface area contributed by atoms with Crippen molar-refractivity contribution in [3.8, 4) is 0 Å². The van der Waals surface area contributed by atoms with Crippen LogP contribution in [0.5, 0.6) is 0 Å². The first kappa shape index (κ1) is 19.2. The van der Waals surface area contributed by atoms with Crippen LogP contribution in [0.25, 0.3) is 5.65 Å². The van der Waals surface area contributed by atoms with Crippen LogP contribution < -0.4 is 0 Å². The number of fused-ring (bicyclic) bond motifs is 1. The van der Waals surface area contributed by atoms with Gasteiger partial charge in [-0.15, -0.1) is 10.2 Å². The predicted octanol–water partition coefficient (Wildman–Crippen LogP) is 4.87. The molecule has 1 aromatic carbocycles. The van der Waals surface area contributed by atoms with Crippen LogP contribution in [-0.2, 0) is 13.0 Å². The smallest absolute Gasteiger partial charge is 0.299 e. The van der Waals surface area contributed by atoms with E-state index in [0.29, 0.717) is 17.5 Å². The number of nitrogens with zero attached hydrogens (tertiary/aromatic N) is 4. The maximum Gasteiger partial charge on any atom is 0.396 e. The minimum Gasteiger partial charge on any atom is -0.299 e. The van der Waals surface area contributed by atoms with Crippen LogP contribution >= 0.6 is 11.6 Å². The Morgan fingerprint density at radius 2 is 1.75 bits per heavy atom. The second-order valence-corrected chi connectivity index (χ2v) is 7.60. The fourth-order valence-corrected chi connectivity index (χ4v) is 4.08. The monoisotopic (exact) mass is 408 g/mol. The SMILES string of the molecule is FC(F)(F)Cc1nnc2c(Cl)c(CN3CCC(c4ccccc4)CC3)ccn12. The number of rotatable bonds is 4. The zero-order valence-corrected chi connectivity index (χ0v) is 15.9. The van der Waals surface area contributed by atoms with Gasteiger partial charge in [-0.3, -0.25) is 9.30 Å². The normalized spacial score (nSPS) is 16.7. The Kier molecular flexibility index (Phi) is 5.29. The van der Waals surface area contributed by atoms with Crippen molar-refractivity contribution in [2.75, 3.05) is 13.1 Å². The van der Waals surface area contributed by atoms with Gasteiger partial charge in [0.25, 0.3) is 0 Å². The van der Waals surface area contributed by atoms with Gasteiger partial charge in [0.2, 0.25) is 0 Å². The van der Waals surface area contributed by atoms with Crippen LogP contribution in [0, 0.1) is 0 Å². The lowest BCUT2D eigenvalue weighted by Gasteiger charge is -2.32. The number of likely N-dealkylation sites (tertiary alicyclic amines) is 1. The van der Waals surface area contributed by atoms with E-state index in [1.54, 1.807) is 12.3 Å². The second-order valence-electron chi connectivity index (χ2n) is 7.22. The molecule has 0 radical (unpaired) electrons. The highest BCUT2D eigenvalue weighted by Crippen LogP contribution is 2.30. The summed E-state index contributed by atoms with van der Waals surface area (Å²) < 4.78 is 39.3. The lowest BCUT2D eigenvalue weighted by molar-refractivity contribution is -0.128. The minimum atomic E-state index is -4.34. The molecule has 0 bridgehead atoms. The van der Waals surface area contributed by atoms with E-state index in [1.165, 1.54) is 9.96 Å². The molecule has 1 fully saturated rings. The third-order valence-corrected chi connectivity index (χ3v) is 5.69. The Balaban J connectivity index is 1.45. The van der Waals surface area contributed by atoms with E-state index in [-0.39, 0.29) is 11.5 Å². The van der Waals surface area contributed by atoms with E-state index < -0.39 is 12.6 Å². The molecular weight excluding hydrogens is 389 g/mol. The van der Waals surface area contributed by atoms with Crippen LogP contribution in [0.15, 0.2) is 42.6 Å². The topological polar surface area (TPSA) is 33.4 Å². The van der Waals surface area contributed by atoms with Gasteiger partial charge in [0.1, 0.15) is 12.2 Å². The Hall–Kier alpha value is -2.12. The summed E-state index contributed by atoms with van der Waals surface area (Å²) in [4.78, 5) is 2.32. The first-order valence-corrected chi connectivity index (χ1v) is 9.63. The van der Waals surface area contributed by atoms with Gasteiger partial charge < -0.3 is 0 Å². The Morgan fingerprint density at radius 1 is 1.04 bits per heavy atom. The number of benzene rings is 1. The highest BCUT2D eigenvalue weighted by molar-refractivity contribution is 6.34. The van der Waals surface area contributed by atoms with Crippen molar-refractivity contribution in [2.45, 2.75) is 37.9 Å². The molecule has 0 saturated carbocycles. The fourth-order valence-electron chi connectivity index (χ4n) is 3.82. The minimum absolute atomic E-state index is 0.153. The predicted molar refractivity (Wildman–Crippen MR) is 101 cm³/mol. The molecule has 3 heterocycles. The number of alkyl halides is 3. The molecule has 28 heavy (non-hydrogen) atoms. The van der Waals surface area contributed by atoms with Crippen molar-refractivity contribution in [1.82, 2.24) is 19.5 Å². The number of hydrogen-bond acceptors (Lipinski definition) is 3. The summed E-state index contributed by atoms with van der Waals surface area (Å²) in [5.74, 6) is 0.413. The highest BCUT2D eigenvalue weighted by Gasteiger charge is 2.31. The number of pyridine rings is 1. The van der Waals surface area contributed by atoms with Crippen LogP contribution in [0.1, 0.15) is 35.7 Å². The first-order chi connectivity index (χ1) is 13.4. The summed E-state index contributed by atoms with van der Waals surface area (Å²) in [5.41, 5.74) is 2.51. The largest absolute Gasteiger partial charge is 0.396 e. The Bertz CT molecular complexity index is 947. The average Bonchev–Trinajstić information content (AvgIpc) is 3.07. The third kappa shape index (κ3) is 4.15. The molecule has 0 spiro atoms. The van der Waals surface area contributed by atoms with Crippen LogP contribution in [0.4, 0.5) is 13.2 Å². The summed E-state index contributed by atoms with van der Waals surface area (Å²) in [5, 5.41) is 7.91. The highest BCUT2D eigenvalue weighted by atomic mass is 35.5. The van der Waals surface area contributed by atoms with E-state index in [0.717, 1.165) is 31.5 Å². The summed E-state index contributed by atoms with van der Waals surface area (Å²) in [6.07, 6.45) is -1.74. The van der Waals surface area contributed by atoms with Gasteiger partial charge in [0.15, 0.2) is 5.65 Å². The molecule has 0 unspecified atom stereocenters. The molecule has 0 amide bonds. The maximum absolute atomic E-state index is 12.7. The van der Waals surface area contributed by atoms with Gasteiger partial charge in [-0.05, 0) is 49.0 Å². The molecule has 0 N–H and O–H groups in total. The molecule has 1 aliphatic heterocycles. The molecule has 1 saturated heterocycles. The zero-order chi connectivity index (χ0) is 19.7. The molecule has 148 valence electrons. The maximum atomic E-state index is 12.7. The number of halogens is 4.